The minimum absolute atomic E-state index is 0.657. The highest BCUT2D eigenvalue weighted by molar-refractivity contribution is 7.80. The van der Waals surface area contributed by atoms with Gasteiger partial charge < -0.3 is 9.80 Å². The van der Waals surface area contributed by atoms with Crippen molar-refractivity contribution in [2.75, 3.05) is 36.0 Å². The van der Waals surface area contributed by atoms with Crippen LogP contribution < -0.4 is 9.80 Å². The quantitative estimate of drug-likeness (QED) is 0.594. The van der Waals surface area contributed by atoms with Crippen molar-refractivity contribution in [2.24, 2.45) is 0 Å². The van der Waals surface area contributed by atoms with Gasteiger partial charge in [-0.1, -0.05) is 24.3 Å². The van der Waals surface area contributed by atoms with Gasteiger partial charge in [-0.2, -0.15) is 8.42 Å². The van der Waals surface area contributed by atoms with Crippen LogP contribution in [-0.4, -0.2) is 39.1 Å². The van der Waals surface area contributed by atoms with Gasteiger partial charge in [0.1, 0.15) is 6.10 Å². The summed E-state index contributed by atoms with van der Waals surface area (Å²) < 4.78 is 37.2. The van der Waals surface area contributed by atoms with Crippen molar-refractivity contribution in [1.29, 1.82) is 0 Å². The maximum Gasteiger partial charge on any atom is 0.398 e. The van der Waals surface area contributed by atoms with E-state index in [1.807, 2.05) is 48.5 Å². The molecular weight excluding hydrogens is 376 g/mol. The van der Waals surface area contributed by atoms with Crippen LogP contribution in [0, 0.1) is 0 Å². The van der Waals surface area contributed by atoms with Crippen molar-refractivity contribution in [3.8, 4) is 0 Å². The van der Waals surface area contributed by atoms with Crippen LogP contribution in [0.1, 0.15) is 44.9 Å². The van der Waals surface area contributed by atoms with E-state index in [9.17, 15) is 13.0 Å². The first-order chi connectivity index (χ1) is 13.3. The lowest BCUT2D eigenvalue weighted by molar-refractivity contribution is 0.217. The summed E-state index contributed by atoms with van der Waals surface area (Å²) in [6.45, 7) is 11.9. The third-order valence-corrected chi connectivity index (χ3v) is 5.30. The maximum atomic E-state index is 11.4. The van der Waals surface area contributed by atoms with Crippen molar-refractivity contribution in [3.63, 3.8) is 0 Å². The molecule has 2 aromatic rings. The summed E-state index contributed by atoms with van der Waals surface area (Å²) in [6, 6.07) is 15.1. The Bertz CT molecular complexity index is 772. The first-order valence-electron chi connectivity index (χ1n) is 9.68. The van der Waals surface area contributed by atoms with E-state index in [1.165, 1.54) is 0 Å². The Balaban J connectivity index is 2.37. The van der Waals surface area contributed by atoms with Crippen LogP contribution in [0.5, 0.6) is 0 Å². The van der Waals surface area contributed by atoms with E-state index >= 15 is 0 Å². The fourth-order valence-corrected chi connectivity index (χ4v) is 3.79. The predicted molar refractivity (Wildman–Crippen MR) is 114 cm³/mol. The highest BCUT2D eigenvalue weighted by atomic mass is 32.3. The van der Waals surface area contributed by atoms with E-state index in [-0.39, 0.29) is 0 Å². The van der Waals surface area contributed by atoms with Crippen LogP contribution in [-0.2, 0) is 14.6 Å². The molecule has 0 aliphatic carbocycles. The molecule has 0 saturated heterocycles. The zero-order chi connectivity index (χ0) is 20.7. The Morgan fingerprint density at radius 1 is 0.750 bits per heavy atom. The molecule has 0 unspecified atom stereocenters. The topological polar surface area (TPSA) is 70.1 Å². The van der Waals surface area contributed by atoms with Gasteiger partial charge in [-0.25, -0.2) is 4.18 Å². The maximum absolute atomic E-state index is 11.4. The molecule has 0 saturated carbocycles. The second-order valence-electron chi connectivity index (χ2n) is 6.43. The minimum Gasteiger partial charge on any atom is -0.372 e. The Morgan fingerprint density at radius 3 is 1.32 bits per heavy atom. The van der Waals surface area contributed by atoms with Gasteiger partial charge >= 0.3 is 10.4 Å². The summed E-state index contributed by atoms with van der Waals surface area (Å²) in [5.41, 5.74) is 3.42. The number of nitrogens with zero attached hydrogens (tertiary/aromatic N) is 2. The average Bonchev–Trinajstić information content (AvgIpc) is 2.69. The molecule has 2 aromatic carbocycles. The standard InChI is InChI=1S/C21H30N2O4S/c1-5-22(6-2)19-13-9-17(10-14-19)21(27-28(24,25)26)18-11-15-20(16-12-18)23(7-3)8-4/h9-16,21H,5-8H2,1-4H3,(H,24,25,26). The van der Waals surface area contributed by atoms with Crippen LogP contribution in [0.2, 0.25) is 0 Å². The summed E-state index contributed by atoms with van der Waals surface area (Å²) in [7, 11) is -4.61. The fraction of sp³-hybridized carbons (Fsp3) is 0.429. The highest BCUT2D eigenvalue weighted by Gasteiger charge is 2.22. The molecule has 0 atom stereocenters. The first-order valence-corrected chi connectivity index (χ1v) is 11.0. The van der Waals surface area contributed by atoms with Gasteiger partial charge in [0, 0.05) is 37.6 Å². The third kappa shape index (κ3) is 5.70. The third-order valence-electron chi connectivity index (χ3n) is 4.87. The van der Waals surface area contributed by atoms with E-state index < -0.39 is 16.5 Å². The number of anilines is 2. The van der Waals surface area contributed by atoms with E-state index in [4.69, 9.17) is 4.18 Å². The number of hydrogen-bond acceptors (Lipinski definition) is 5. The molecule has 28 heavy (non-hydrogen) atoms. The van der Waals surface area contributed by atoms with Crippen LogP contribution in [0.15, 0.2) is 48.5 Å². The fourth-order valence-electron chi connectivity index (χ4n) is 3.32. The minimum atomic E-state index is -4.61. The van der Waals surface area contributed by atoms with Gasteiger partial charge in [0.2, 0.25) is 0 Å². The lowest BCUT2D eigenvalue weighted by Gasteiger charge is -2.23. The second kappa shape index (κ2) is 9.91. The number of rotatable bonds is 10. The molecule has 0 aliphatic heterocycles. The largest absolute Gasteiger partial charge is 0.398 e. The molecule has 0 aliphatic rings. The molecular formula is C21H30N2O4S. The summed E-state index contributed by atoms with van der Waals surface area (Å²) >= 11 is 0. The molecule has 7 heteroatoms. The SMILES string of the molecule is CCN(CC)c1ccc(C(OS(=O)(=O)O)c2ccc(N(CC)CC)cc2)cc1. The van der Waals surface area contributed by atoms with Gasteiger partial charge in [0.25, 0.3) is 0 Å². The first kappa shape index (κ1) is 22.2. The van der Waals surface area contributed by atoms with Gasteiger partial charge in [0.05, 0.1) is 0 Å². The van der Waals surface area contributed by atoms with Crippen molar-refractivity contribution < 1.29 is 17.2 Å². The molecule has 0 fully saturated rings. The Kier molecular flexibility index (Phi) is 7.86. The zero-order valence-electron chi connectivity index (χ0n) is 17.0. The lowest BCUT2D eigenvalue weighted by atomic mass is 10.0. The Labute approximate surface area is 168 Å². The van der Waals surface area contributed by atoms with Gasteiger partial charge in [-0.15, -0.1) is 0 Å². The summed E-state index contributed by atoms with van der Waals surface area (Å²) in [5.74, 6) is 0. The molecule has 0 heterocycles. The van der Waals surface area contributed by atoms with Crippen molar-refractivity contribution >= 4 is 21.8 Å². The summed E-state index contributed by atoms with van der Waals surface area (Å²) in [4.78, 5) is 4.39. The molecule has 2 rings (SSSR count). The van der Waals surface area contributed by atoms with E-state index in [2.05, 4.69) is 37.5 Å². The summed E-state index contributed by atoms with van der Waals surface area (Å²) in [6.07, 6.45) is -0.911. The van der Waals surface area contributed by atoms with Gasteiger partial charge in [-0.3, -0.25) is 4.55 Å². The predicted octanol–water partition coefficient (Wildman–Crippen LogP) is 4.29. The van der Waals surface area contributed by atoms with Crippen LogP contribution >= 0.6 is 0 Å². The highest BCUT2D eigenvalue weighted by Crippen LogP contribution is 2.30. The Morgan fingerprint density at radius 2 is 1.07 bits per heavy atom. The summed E-state index contributed by atoms with van der Waals surface area (Å²) in [5, 5.41) is 0. The van der Waals surface area contributed by atoms with E-state index in [1.54, 1.807) is 0 Å². The van der Waals surface area contributed by atoms with Crippen LogP contribution in [0.3, 0.4) is 0 Å². The van der Waals surface area contributed by atoms with Crippen molar-refractivity contribution in [2.45, 2.75) is 33.8 Å². The van der Waals surface area contributed by atoms with Gasteiger partial charge in [0.15, 0.2) is 0 Å². The van der Waals surface area contributed by atoms with Crippen molar-refractivity contribution in [3.05, 3.63) is 59.7 Å². The van der Waals surface area contributed by atoms with E-state index in [0.29, 0.717) is 11.1 Å². The smallest absolute Gasteiger partial charge is 0.372 e. The van der Waals surface area contributed by atoms with Gasteiger partial charge in [-0.05, 0) is 63.1 Å². The molecule has 0 aromatic heterocycles. The number of hydrogen-bond donors (Lipinski definition) is 1. The van der Waals surface area contributed by atoms with Crippen molar-refractivity contribution in [1.82, 2.24) is 0 Å². The average molecular weight is 407 g/mol. The molecule has 0 spiro atoms. The molecule has 0 bridgehead atoms. The molecule has 0 amide bonds. The monoisotopic (exact) mass is 406 g/mol. The second-order valence-corrected chi connectivity index (χ2v) is 7.48. The Hall–Kier alpha value is -2.09. The normalized spacial score (nSPS) is 11.6. The molecule has 6 nitrogen and oxygen atoms in total. The van der Waals surface area contributed by atoms with Crippen LogP contribution in [0.4, 0.5) is 11.4 Å². The number of benzene rings is 2. The van der Waals surface area contributed by atoms with Crippen LogP contribution in [0.25, 0.3) is 0 Å². The zero-order valence-corrected chi connectivity index (χ0v) is 17.8. The molecule has 1 N–H and O–H groups in total. The molecule has 0 radical (unpaired) electrons. The molecule has 154 valence electrons. The van der Waals surface area contributed by atoms with E-state index in [0.717, 1.165) is 37.6 Å². The lowest BCUT2D eigenvalue weighted by Crippen LogP contribution is -2.22.